The maximum atomic E-state index is 12.0. The first-order chi connectivity index (χ1) is 10.3. The highest BCUT2D eigenvalue weighted by atomic mass is 16.5. The van der Waals surface area contributed by atoms with Crippen LogP contribution in [-0.4, -0.2) is 43.0 Å². The predicted molar refractivity (Wildman–Crippen MR) is 80.5 cm³/mol. The Balaban J connectivity index is 2.46. The van der Waals surface area contributed by atoms with Crippen LogP contribution in [0.15, 0.2) is 9.59 Å². The first kappa shape index (κ1) is 16.2. The Morgan fingerprint density at radius 2 is 2.14 bits per heavy atom. The molecule has 0 radical (unpaired) electrons. The SMILES string of the molecule is CC(C)OC[C@@H](O)Cn1c(NN)nc2c1c(=O)[nH]c(=O)n2C. The van der Waals surface area contributed by atoms with Crippen LogP contribution in [0.4, 0.5) is 5.95 Å². The van der Waals surface area contributed by atoms with Crippen molar-refractivity contribution in [2.24, 2.45) is 12.9 Å². The minimum absolute atomic E-state index is 0.0227. The average molecular weight is 312 g/mol. The van der Waals surface area contributed by atoms with E-state index in [-0.39, 0.29) is 36.4 Å². The van der Waals surface area contributed by atoms with E-state index in [0.29, 0.717) is 0 Å². The quantitative estimate of drug-likeness (QED) is 0.375. The number of aromatic amines is 1. The van der Waals surface area contributed by atoms with Gasteiger partial charge in [-0.25, -0.2) is 10.6 Å². The van der Waals surface area contributed by atoms with Crippen molar-refractivity contribution in [2.45, 2.75) is 32.6 Å². The van der Waals surface area contributed by atoms with E-state index in [1.165, 1.54) is 16.2 Å². The Kier molecular flexibility index (Phi) is 4.64. The van der Waals surface area contributed by atoms with Gasteiger partial charge in [-0.15, -0.1) is 0 Å². The number of nitrogens with two attached hydrogens (primary N) is 1. The van der Waals surface area contributed by atoms with Crippen LogP contribution >= 0.6 is 0 Å². The number of ether oxygens (including phenoxy) is 1. The molecular formula is C12H20N6O4. The van der Waals surface area contributed by atoms with Crippen molar-refractivity contribution < 1.29 is 9.84 Å². The normalized spacial score (nSPS) is 13.0. The molecular weight excluding hydrogens is 292 g/mol. The molecule has 2 rings (SSSR count). The van der Waals surface area contributed by atoms with Crippen molar-refractivity contribution in [1.82, 2.24) is 19.1 Å². The van der Waals surface area contributed by atoms with Gasteiger partial charge in [0.2, 0.25) is 5.95 Å². The minimum Gasteiger partial charge on any atom is -0.389 e. The zero-order valence-electron chi connectivity index (χ0n) is 12.7. The van der Waals surface area contributed by atoms with E-state index in [1.54, 1.807) is 0 Å². The summed E-state index contributed by atoms with van der Waals surface area (Å²) >= 11 is 0. The Morgan fingerprint density at radius 1 is 1.45 bits per heavy atom. The second-order valence-electron chi connectivity index (χ2n) is 5.22. The van der Waals surface area contributed by atoms with Crippen molar-refractivity contribution in [1.29, 1.82) is 0 Å². The van der Waals surface area contributed by atoms with Gasteiger partial charge in [-0.05, 0) is 13.8 Å². The number of hydrogen-bond acceptors (Lipinski definition) is 7. The molecule has 0 amide bonds. The number of anilines is 1. The largest absolute Gasteiger partial charge is 0.389 e. The summed E-state index contributed by atoms with van der Waals surface area (Å²) in [6.07, 6.45) is -0.881. The summed E-state index contributed by atoms with van der Waals surface area (Å²) in [5.74, 6) is 5.58. The number of nitrogen functional groups attached to an aromatic ring is 1. The molecule has 0 aromatic carbocycles. The number of hydrogen-bond donors (Lipinski definition) is 4. The van der Waals surface area contributed by atoms with Crippen LogP contribution in [0.25, 0.3) is 11.2 Å². The fraction of sp³-hybridized carbons (Fsp3) is 0.583. The second-order valence-corrected chi connectivity index (χ2v) is 5.22. The summed E-state index contributed by atoms with van der Waals surface area (Å²) in [5.41, 5.74) is 1.52. The van der Waals surface area contributed by atoms with Crippen molar-refractivity contribution in [2.75, 3.05) is 12.0 Å². The van der Waals surface area contributed by atoms with Crippen LogP contribution in [0.3, 0.4) is 0 Å². The highest BCUT2D eigenvalue weighted by Crippen LogP contribution is 2.15. The molecule has 5 N–H and O–H groups in total. The summed E-state index contributed by atoms with van der Waals surface area (Å²) in [6, 6.07) is 0. The van der Waals surface area contributed by atoms with E-state index in [4.69, 9.17) is 10.6 Å². The van der Waals surface area contributed by atoms with Gasteiger partial charge in [0.25, 0.3) is 5.56 Å². The minimum atomic E-state index is -0.858. The molecule has 10 nitrogen and oxygen atoms in total. The number of hydrazine groups is 1. The van der Waals surface area contributed by atoms with Gasteiger partial charge in [-0.3, -0.25) is 19.8 Å². The molecule has 0 saturated heterocycles. The van der Waals surface area contributed by atoms with Crippen molar-refractivity contribution in [3.63, 3.8) is 0 Å². The monoisotopic (exact) mass is 312 g/mol. The lowest BCUT2D eigenvalue weighted by Gasteiger charge is -2.15. The summed E-state index contributed by atoms with van der Waals surface area (Å²) in [6.45, 7) is 3.86. The topological polar surface area (TPSA) is 140 Å². The lowest BCUT2D eigenvalue weighted by molar-refractivity contribution is -0.000106. The number of nitrogens with one attached hydrogen (secondary N) is 2. The number of imidazole rings is 1. The van der Waals surface area contributed by atoms with Gasteiger partial charge in [-0.2, -0.15) is 4.98 Å². The van der Waals surface area contributed by atoms with Crippen molar-refractivity contribution in [3.8, 4) is 0 Å². The molecule has 2 heterocycles. The fourth-order valence-electron chi connectivity index (χ4n) is 2.09. The Morgan fingerprint density at radius 3 is 2.73 bits per heavy atom. The molecule has 0 saturated carbocycles. The summed E-state index contributed by atoms with van der Waals surface area (Å²) in [4.78, 5) is 29.9. The van der Waals surface area contributed by atoms with Crippen LogP contribution in [-0.2, 0) is 18.3 Å². The Labute approximate surface area is 125 Å². The average Bonchev–Trinajstić information content (AvgIpc) is 2.82. The highest BCUT2D eigenvalue weighted by Gasteiger charge is 2.19. The number of nitrogens with zero attached hydrogens (tertiary/aromatic N) is 3. The van der Waals surface area contributed by atoms with Gasteiger partial charge in [-0.1, -0.05) is 0 Å². The third-order valence-corrected chi connectivity index (χ3v) is 3.15. The van der Waals surface area contributed by atoms with E-state index >= 15 is 0 Å². The van der Waals surface area contributed by atoms with Crippen molar-refractivity contribution in [3.05, 3.63) is 20.8 Å². The molecule has 1 atom stereocenters. The van der Waals surface area contributed by atoms with Gasteiger partial charge < -0.3 is 14.4 Å². The molecule has 0 fully saturated rings. The van der Waals surface area contributed by atoms with Crippen LogP contribution in [0.5, 0.6) is 0 Å². The molecule has 2 aromatic rings. The maximum Gasteiger partial charge on any atom is 0.329 e. The maximum absolute atomic E-state index is 12.0. The van der Waals surface area contributed by atoms with Gasteiger partial charge in [0, 0.05) is 7.05 Å². The Bertz CT molecular complexity index is 774. The Hall–Kier alpha value is -2.17. The lowest BCUT2D eigenvalue weighted by atomic mass is 10.3. The molecule has 0 aliphatic rings. The first-order valence-corrected chi connectivity index (χ1v) is 6.81. The predicted octanol–water partition coefficient (Wildman–Crippen LogP) is -1.51. The summed E-state index contributed by atoms with van der Waals surface area (Å²) < 4.78 is 7.95. The molecule has 0 spiro atoms. The van der Waals surface area contributed by atoms with E-state index < -0.39 is 17.4 Å². The van der Waals surface area contributed by atoms with E-state index in [9.17, 15) is 14.7 Å². The second kappa shape index (κ2) is 6.30. The standard InChI is InChI=1S/C12H20N6O4/c1-6(2)22-5-7(19)4-18-8-9(14-11(18)16-13)17(3)12(21)15-10(8)20/h6-7,19H,4-5,13H2,1-3H3,(H,14,16)(H,15,20,21)/t7-/m0/s1. The molecule has 0 unspecified atom stereocenters. The number of aryl methyl sites for hydroxylation is 1. The van der Waals surface area contributed by atoms with Crippen LogP contribution in [0, 0.1) is 0 Å². The van der Waals surface area contributed by atoms with Crippen LogP contribution < -0.4 is 22.5 Å². The highest BCUT2D eigenvalue weighted by molar-refractivity contribution is 5.74. The van der Waals surface area contributed by atoms with Gasteiger partial charge >= 0.3 is 5.69 Å². The molecule has 22 heavy (non-hydrogen) atoms. The number of rotatable bonds is 6. The number of H-pyrrole nitrogens is 1. The number of aliphatic hydroxyl groups is 1. The van der Waals surface area contributed by atoms with E-state index in [2.05, 4.69) is 15.4 Å². The molecule has 10 heteroatoms. The first-order valence-electron chi connectivity index (χ1n) is 6.81. The lowest BCUT2D eigenvalue weighted by Crippen LogP contribution is -2.31. The number of aromatic nitrogens is 4. The number of aliphatic hydroxyl groups excluding tert-OH is 1. The van der Waals surface area contributed by atoms with Gasteiger partial charge in [0.05, 0.1) is 25.4 Å². The molecule has 0 aliphatic heterocycles. The molecule has 122 valence electrons. The van der Waals surface area contributed by atoms with E-state index in [1.807, 2.05) is 13.8 Å². The van der Waals surface area contributed by atoms with Crippen LogP contribution in [0.2, 0.25) is 0 Å². The fourth-order valence-corrected chi connectivity index (χ4v) is 2.09. The summed E-state index contributed by atoms with van der Waals surface area (Å²) in [5, 5.41) is 10.0. The van der Waals surface area contributed by atoms with E-state index in [0.717, 1.165) is 0 Å². The zero-order chi connectivity index (χ0) is 16.4. The van der Waals surface area contributed by atoms with Crippen LogP contribution in [0.1, 0.15) is 13.8 Å². The van der Waals surface area contributed by atoms with Gasteiger partial charge in [0.1, 0.15) is 0 Å². The molecule has 0 aliphatic carbocycles. The smallest absolute Gasteiger partial charge is 0.329 e. The third-order valence-electron chi connectivity index (χ3n) is 3.15. The molecule has 0 bridgehead atoms. The van der Waals surface area contributed by atoms with Crippen molar-refractivity contribution >= 4 is 17.1 Å². The molecule has 2 aromatic heterocycles. The van der Waals surface area contributed by atoms with Gasteiger partial charge in [0.15, 0.2) is 11.2 Å². The number of fused-ring (bicyclic) bond motifs is 1. The third kappa shape index (κ3) is 3.03. The zero-order valence-corrected chi connectivity index (χ0v) is 12.7. The summed E-state index contributed by atoms with van der Waals surface area (Å²) in [7, 11) is 1.48.